The number of hydrogen-bond acceptors (Lipinski definition) is 3. The first-order valence-electron chi connectivity index (χ1n) is 4.20. The summed E-state index contributed by atoms with van der Waals surface area (Å²) in [6.45, 7) is 0. The molecule has 0 spiro atoms. The second-order valence-electron chi connectivity index (χ2n) is 2.92. The Hall–Kier alpha value is -2.37. The van der Waals surface area contributed by atoms with E-state index in [0.717, 1.165) is 6.20 Å². The van der Waals surface area contributed by atoms with Gasteiger partial charge in [0.1, 0.15) is 6.20 Å². The molecule has 0 aliphatic rings. The third-order valence-corrected chi connectivity index (χ3v) is 1.94. The minimum absolute atomic E-state index is 0.459. The number of nitrogens with zero attached hydrogens (tertiary/aromatic N) is 2. The predicted molar refractivity (Wildman–Crippen MR) is 53.0 cm³/mol. The van der Waals surface area contributed by atoms with Gasteiger partial charge in [-0.3, -0.25) is 24.7 Å². The Balaban J connectivity index is 2.53. The first kappa shape index (κ1) is 9.20. The van der Waals surface area contributed by atoms with Gasteiger partial charge >= 0.3 is 11.2 Å². The summed E-state index contributed by atoms with van der Waals surface area (Å²) in [5.41, 5.74) is -0.495. The van der Waals surface area contributed by atoms with Gasteiger partial charge in [0.2, 0.25) is 0 Å². The molecule has 2 rings (SSSR count). The molecule has 0 atom stereocenters. The molecule has 76 valence electrons. The highest BCUT2D eigenvalue weighted by atomic mass is 16.6. The van der Waals surface area contributed by atoms with Crippen LogP contribution in [0.4, 0.5) is 5.69 Å². The van der Waals surface area contributed by atoms with Gasteiger partial charge in [0, 0.05) is 0 Å². The normalized spacial score (nSPS) is 10.1. The monoisotopic (exact) mass is 205 g/mol. The largest absolute Gasteiger partial charge is 0.353 e. The van der Waals surface area contributed by atoms with Crippen LogP contribution in [-0.2, 0) is 0 Å². The minimum atomic E-state index is -0.710. The molecule has 6 nitrogen and oxygen atoms in total. The third-order valence-electron chi connectivity index (χ3n) is 1.94. The fourth-order valence-electron chi connectivity index (χ4n) is 1.24. The second-order valence-corrected chi connectivity index (χ2v) is 2.92. The van der Waals surface area contributed by atoms with Crippen molar-refractivity contribution in [2.45, 2.75) is 0 Å². The van der Waals surface area contributed by atoms with Crippen LogP contribution in [0.1, 0.15) is 0 Å². The van der Waals surface area contributed by atoms with Crippen molar-refractivity contribution in [1.82, 2.24) is 9.78 Å². The molecule has 1 N–H and O–H groups in total. The second kappa shape index (κ2) is 3.41. The lowest BCUT2D eigenvalue weighted by atomic mass is 10.3. The Morgan fingerprint density at radius 1 is 1.27 bits per heavy atom. The van der Waals surface area contributed by atoms with E-state index in [-0.39, 0.29) is 0 Å². The summed E-state index contributed by atoms with van der Waals surface area (Å²) in [4.78, 5) is 20.9. The van der Waals surface area contributed by atoms with Gasteiger partial charge in [-0.25, -0.2) is 0 Å². The Morgan fingerprint density at radius 3 is 2.47 bits per heavy atom. The summed E-state index contributed by atoms with van der Waals surface area (Å²) in [5.74, 6) is 0. The lowest BCUT2D eigenvalue weighted by Crippen LogP contribution is -2.06. The van der Waals surface area contributed by atoms with E-state index in [0.29, 0.717) is 5.69 Å². The van der Waals surface area contributed by atoms with E-state index in [4.69, 9.17) is 0 Å². The predicted octanol–water partition coefficient (Wildman–Crippen LogP) is 1.07. The minimum Gasteiger partial charge on any atom is -0.260 e. The van der Waals surface area contributed by atoms with Gasteiger partial charge in [-0.1, -0.05) is 18.2 Å². The number of benzene rings is 1. The molecule has 0 saturated carbocycles. The van der Waals surface area contributed by atoms with Gasteiger partial charge in [-0.05, 0) is 12.1 Å². The average Bonchev–Trinajstić information content (AvgIpc) is 2.62. The van der Waals surface area contributed by atoms with Gasteiger partial charge < -0.3 is 0 Å². The standard InChI is InChI=1S/C9H7N3O3/c13-9-8(12(14)15)6-11(10-9)7-4-2-1-3-5-7/h1-6H,(H,10,13). The summed E-state index contributed by atoms with van der Waals surface area (Å²) in [7, 11) is 0. The molecule has 0 bridgehead atoms. The lowest BCUT2D eigenvalue weighted by molar-refractivity contribution is -0.386. The summed E-state index contributed by atoms with van der Waals surface area (Å²) < 4.78 is 1.32. The van der Waals surface area contributed by atoms with Crippen molar-refractivity contribution in [1.29, 1.82) is 0 Å². The molecule has 0 amide bonds. The molecular formula is C9H7N3O3. The molecule has 2 aromatic rings. The van der Waals surface area contributed by atoms with Crippen molar-refractivity contribution >= 4 is 5.69 Å². The molecule has 0 saturated heterocycles. The molecule has 0 aliphatic carbocycles. The topological polar surface area (TPSA) is 80.9 Å². The third kappa shape index (κ3) is 1.64. The van der Waals surface area contributed by atoms with Crippen LogP contribution in [-0.4, -0.2) is 14.7 Å². The van der Waals surface area contributed by atoms with Crippen molar-refractivity contribution in [2.75, 3.05) is 0 Å². The molecule has 0 unspecified atom stereocenters. The van der Waals surface area contributed by atoms with E-state index in [9.17, 15) is 14.9 Å². The number of H-pyrrole nitrogens is 1. The molecule has 0 radical (unpaired) electrons. The number of nitrogens with one attached hydrogen (secondary N) is 1. The van der Waals surface area contributed by atoms with Crippen LogP contribution < -0.4 is 5.56 Å². The fourth-order valence-corrected chi connectivity index (χ4v) is 1.24. The molecule has 15 heavy (non-hydrogen) atoms. The zero-order valence-corrected chi connectivity index (χ0v) is 7.58. The fraction of sp³-hybridized carbons (Fsp3) is 0. The number of hydrogen-bond donors (Lipinski definition) is 1. The van der Waals surface area contributed by atoms with Gasteiger partial charge in [-0.2, -0.15) is 0 Å². The summed E-state index contributed by atoms with van der Waals surface area (Å²) in [6.07, 6.45) is 1.16. The lowest BCUT2D eigenvalue weighted by Gasteiger charge is -1.98. The number of para-hydroxylation sites is 1. The van der Waals surface area contributed by atoms with E-state index in [1.54, 1.807) is 24.3 Å². The van der Waals surface area contributed by atoms with E-state index in [1.165, 1.54) is 4.68 Å². The maximum Gasteiger partial charge on any atom is 0.353 e. The summed E-state index contributed by atoms with van der Waals surface area (Å²) in [6, 6.07) is 8.85. The Labute approximate surface area is 83.9 Å². The molecule has 1 aromatic heterocycles. The first-order valence-corrected chi connectivity index (χ1v) is 4.20. The molecule has 1 aromatic carbocycles. The first-order chi connectivity index (χ1) is 7.18. The van der Waals surface area contributed by atoms with Crippen LogP contribution in [0.2, 0.25) is 0 Å². The molecule has 6 heteroatoms. The van der Waals surface area contributed by atoms with Crippen LogP contribution in [0.5, 0.6) is 0 Å². The Morgan fingerprint density at radius 2 is 1.93 bits per heavy atom. The smallest absolute Gasteiger partial charge is 0.260 e. The van der Waals surface area contributed by atoms with Crippen molar-refractivity contribution in [3.8, 4) is 5.69 Å². The van der Waals surface area contributed by atoms with Gasteiger partial charge in [0.15, 0.2) is 0 Å². The Kier molecular flexibility index (Phi) is 2.09. The van der Waals surface area contributed by atoms with Gasteiger partial charge in [0.25, 0.3) is 0 Å². The van der Waals surface area contributed by atoms with Crippen molar-refractivity contribution in [3.63, 3.8) is 0 Å². The highest BCUT2D eigenvalue weighted by Gasteiger charge is 2.15. The maximum atomic E-state index is 11.1. The molecule has 0 aliphatic heterocycles. The van der Waals surface area contributed by atoms with Gasteiger partial charge in [0.05, 0.1) is 10.6 Å². The zero-order valence-electron chi connectivity index (χ0n) is 7.58. The Bertz CT molecular complexity index is 541. The van der Waals surface area contributed by atoms with Crippen LogP contribution in [0.15, 0.2) is 41.3 Å². The molecule has 1 heterocycles. The zero-order chi connectivity index (χ0) is 10.8. The molecular weight excluding hydrogens is 198 g/mol. The van der Waals surface area contributed by atoms with Gasteiger partial charge in [-0.15, -0.1) is 0 Å². The summed E-state index contributed by atoms with van der Waals surface area (Å²) >= 11 is 0. The SMILES string of the molecule is O=c1[nH]n(-c2ccccc2)cc1[N+](=O)[O-]. The van der Waals surface area contributed by atoms with Crippen LogP contribution in [0.3, 0.4) is 0 Å². The number of aromatic amines is 1. The van der Waals surface area contributed by atoms with Crippen molar-refractivity contribution < 1.29 is 4.92 Å². The number of aromatic nitrogens is 2. The van der Waals surface area contributed by atoms with Crippen LogP contribution in [0, 0.1) is 10.1 Å². The van der Waals surface area contributed by atoms with E-state index < -0.39 is 16.2 Å². The van der Waals surface area contributed by atoms with E-state index in [1.807, 2.05) is 6.07 Å². The quantitative estimate of drug-likeness (QED) is 0.588. The number of nitro groups is 1. The van der Waals surface area contributed by atoms with E-state index >= 15 is 0 Å². The average molecular weight is 205 g/mol. The van der Waals surface area contributed by atoms with Crippen LogP contribution in [0.25, 0.3) is 5.69 Å². The molecule has 0 fully saturated rings. The number of rotatable bonds is 2. The van der Waals surface area contributed by atoms with E-state index in [2.05, 4.69) is 5.10 Å². The van der Waals surface area contributed by atoms with Crippen LogP contribution >= 0.6 is 0 Å². The summed E-state index contributed by atoms with van der Waals surface area (Å²) in [5, 5.41) is 12.8. The van der Waals surface area contributed by atoms with Crippen molar-refractivity contribution in [2.24, 2.45) is 0 Å². The van der Waals surface area contributed by atoms with Crippen molar-refractivity contribution in [3.05, 3.63) is 57.0 Å². The highest BCUT2D eigenvalue weighted by Crippen LogP contribution is 2.08. The highest BCUT2D eigenvalue weighted by molar-refractivity contribution is 5.34. The maximum absolute atomic E-state index is 11.1.